The molecule has 1 N–H and O–H groups in total. The second-order valence-electron chi connectivity index (χ2n) is 11.7. The predicted octanol–water partition coefficient (Wildman–Crippen LogP) is 9.18. The molecule has 2 rings (SSSR count). The number of allylic oxidation sites excluding steroid dienone is 2. The number of hydrogen-bond acceptors (Lipinski definition) is 4. The van der Waals surface area contributed by atoms with E-state index in [-0.39, 0.29) is 18.6 Å². The summed E-state index contributed by atoms with van der Waals surface area (Å²) in [5.74, 6) is -1.48. The Balaban J connectivity index is 1.79. The quantitative estimate of drug-likeness (QED) is 0.0516. The summed E-state index contributed by atoms with van der Waals surface area (Å²) in [5, 5.41) is 2.17. The van der Waals surface area contributed by atoms with Gasteiger partial charge in [-0.25, -0.2) is 0 Å². The van der Waals surface area contributed by atoms with Crippen LogP contribution in [-0.2, 0) is 38.6 Å². The minimum Gasteiger partial charge on any atom is -0.461 e. The lowest BCUT2D eigenvalue weighted by atomic mass is 9.96. The van der Waals surface area contributed by atoms with Crippen LogP contribution in [-0.4, -0.2) is 17.8 Å². The van der Waals surface area contributed by atoms with Crippen molar-refractivity contribution in [1.29, 1.82) is 0 Å². The number of benzene rings is 1. The SMILES string of the molecule is C=CCCCCCCCCCCc1ccc(COC(=O)CC2=CC(=O)NC2=O)c(CCCCCCCCCCC=C)c1. The lowest BCUT2D eigenvalue weighted by molar-refractivity contribution is -0.144. The van der Waals surface area contributed by atoms with Crippen LogP contribution in [0.5, 0.6) is 0 Å². The molecule has 5 nitrogen and oxygen atoms in total. The maximum absolute atomic E-state index is 12.4. The van der Waals surface area contributed by atoms with Gasteiger partial charge < -0.3 is 4.74 Å². The molecule has 0 radical (unpaired) electrons. The Bertz CT molecular complexity index is 1010. The smallest absolute Gasteiger partial charge is 0.310 e. The third-order valence-electron chi connectivity index (χ3n) is 8.06. The average molecular weight is 578 g/mol. The monoisotopic (exact) mass is 577 g/mol. The van der Waals surface area contributed by atoms with Crippen molar-refractivity contribution in [2.45, 2.75) is 141 Å². The molecule has 0 saturated heterocycles. The van der Waals surface area contributed by atoms with Crippen LogP contribution in [0.2, 0.25) is 0 Å². The predicted molar refractivity (Wildman–Crippen MR) is 173 cm³/mol. The first-order valence-corrected chi connectivity index (χ1v) is 16.6. The minimum atomic E-state index is -0.512. The number of esters is 1. The number of nitrogens with one attached hydrogen (secondary N) is 1. The largest absolute Gasteiger partial charge is 0.461 e. The fourth-order valence-electron chi connectivity index (χ4n) is 5.50. The van der Waals surface area contributed by atoms with Crippen molar-refractivity contribution in [3.05, 3.63) is 71.8 Å². The first kappa shape index (κ1) is 35.2. The number of amides is 2. The second-order valence-corrected chi connectivity index (χ2v) is 11.7. The Labute approximate surface area is 255 Å². The summed E-state index contributed by atoms with van der Waals surface area (Å²) < 4.78 is 5.54. The number of carbonyl (C=O) groups excluding carboxylic acids is 3. The highest BCUT2D eigenvalue weighted by atomic mass is 16.5. The molecule has 0 saturated carbocycles. The zero-order valence-corrected chi connectivity index (χ0v) is 26.1. The standard InChI is InChI=1S/C37H55NO4/c1-3-5-7-9-11-13-15-17-19-21-23-31-25-26-33(30-42-36(40)29-34-28-35(39)38-37(34)41)32(27-31)24-22-20-18-16-14-12-10-8-6-4-2/h3-4,25-28H,1-2,5-24,29-30H2,(H,38,39,41). The van der Waals surface area contributed by atoms with E-state index in [1.807, 2.05) is 12.2 Å². The van der Waals surface area contributed by atoms with Gasteiger partial charge in [0.2, 0.25) is 0 Å². The van der Waals surface area contributed by atoms with E-state index in [4.69, 9.17) is 4.74 Å². The molecule has 0 spiro atoms. The van der Waals surface area contributed by atoms with E-state index in [1.54, 1.807) is 0 Å². The molecule has 0 unspecified atom stereocenters. The molecule has 1 aromatic rings. The van der Waals surface area contributed by atoms with Crippen molar-refractivity contribution in [2.75, 3.05) is 0 Å². The summed E-state index contributed by atoms with van der Waals surface area (Å²) in [6, 6.07) is 6.59. The fraction of sp³-hybridized carbons (Fsp3) is 0.595. The van der Waals surface area contributed by atoms with Crippen molar-refractivity contribution in [3.8, 4) is 0 Å². The number of imide groups is 1. The van der Waals surface area contributed by atoms with E-state index >= 15 is 0 Å². The van der Waals surface area contributed by atoms with Gasteiger partial charge in [-0.15, -0.1) is 13.2 Å². The van der Waals surface area contributed by atoms with Crippen LogP contribution in [0, 0.1) is 0 Å². The average Bonchev–Trinajstić information content (AvgIpc) is 3.30. The molecule has 232 valence electrons. The van der Waals surface area contributed by atoms with E-state index in [1.165, 1.54) is 114 Å². The van der Waals surface area contributed by atoms with Crippen molar-refractivity contribution in [1.82, 2.24) is 5.32 Å². The van der Waals surface area contributed by atoms with Crippen LogP contribution in [0.15, 0.2) is 55.2 Å². The second kappa shape index (κ2) is 22.6. The lowest BCUT2D eigenvalue weighted by Crippen LogP contribution is -2.23. The van der Waals surface area contributed by atoms with Gasteiger partial charge in [0.25, 0.3) is 11.8 Å². The number of rotatable bonds is 26. The summed E-state index contributed by atoms with van der Waals surface area (Å²) in [7, 11) is 0. The fourth-order valence-corrected chi connectivity index (χ4v) is 5.50. The van der Waals surface area contributed by atoms with E-state index < -0.39 is 17.8 Å². The van der Waals surface area contributed by atoms with E-state index in [0.29, 0.717) is 0 Å². The normalized spacial score (nSPS) is 12.7. The maximum Gasteiger partial charge on any atom is 0.310 e. The number of ether oxygens (including phenoxy) is 1. The zero-order valence-electron chi connectivity index (χ0n) is 26.1. The Morgan fingerprint density at radius 3 is 1.74 bits per heavy atom. The maximum atomic E-state index is 12.4. The van der Waals surface area contributed by atoms with E-state index in [0.717, 1.165) is 37.7 Å². The van der Waals surface area contributed by atoms with Crippen LogP contribution >= 0.6 is 0 Å². The van der Waals surface area contributed by atoms with Crippen molar-refractivity contribution in [2.24, 2.45) is 0 Å². The molecule has 0 bridgehead atoms. The number of unbranched alkanes of at least 4 members (excludes halogenated alkanes) is 16. The summed E-state index contributed by atoms with van der Waals surface area (Å²) >= 11 is 0. The molecular weight excluding hydrogens is 522 g/mol. The van der Waals surface area contributed by atoms with Gasteiger partial charge in [0.15, 0.2) is 0 Å². The molecule has 2 amide bonds. The molecule has 0 aromatic heterocycles. The van der Waals surface area contributed by atoms with Crippen molar-refractivity contribution in [3.63, 3.8) is 0 Å². The van der Waals surface area contributed by atoms with Gasteiger partial charge in [-0.1, -0.05) is 107 Å². The minimum absolute atomic E-state index is 0.161. The molecule has 42 heavy (non-hydrogen) atoms. The molecule has 1 aliphatic heterocycles. The topological polar surface area (TPSA) is 72.5 Å². The van der Waals surface area contributed by atoms with Crippen molar-refractivity contribution < 1.29 is 19.1 Å². The molecule has 0 atom stereocenters. The highest BCUT2D eigenvalue weighted by molar-refractivity contribution is 6.17. The van der Waals surface area contributed by atoms with Gasteiger partial charge >= 0.3 is 5.97 Å². The van der Waals surface area contributed by atoms with Crippen molar-refractivity contribution >= 4 is 17.8 Å². The van der Waals surface area contributed by atoms with Gasteiger partial charge in [-0.2, -0.15) is 0 Å². The Morgan fingerprint density at radius 1 is 0.690 bits per heavy atom. The first-order chi connectivity index (χ1) is 20.5. The first-order valence-electron chi connectivity index (χ1n) is 16.6. The third kappa shape index (κ3) is 15.9. The Hall–Kier alpha value is -2.95. The van der Waals surface area contributed by atoms with E-state index in [9.17, 15) is 14.4 Å². The summed E-state index contributed by atoms with van der Waals surface area (Å²) in [5.41, 5.74) is 3.81. The van der Waals surface area contributed by atoms with Crippen LogP contribution in [0.25, 0.3) is 0 Å². The Morgan fingerprint density at radius 2 is 1.21 bits per heavy atom. The number of hydrogen-bond donors (Lipinski definition) is 1. The van der Waals surface area contributed by atoms with Gasteiger partial charge in [-0.05, 0) is 68.1 Å². The molecule has 1 aliphatic rings. The zero-order chi connectivity index (χ0) is 30.3. The molecule has 0 aliphatic carbocycles. The third-order valence-corrected chi connectivity index (χ3v) is 8.06. The summed E-state index contributed by atoms with van der Waals surface area (Å²) in [6.07, 6.45) is 29.8. The van der Waals surface area contributed by atoms with Crippen LogP contribution in [0.1, 0.15) is 139 Å². The van der Waals surface area contributed by atoms with Gasteiger partial charge in [-0.3, -0.25) is 19.7 Å². The summed E-state index contributed by atoms with van der Waals surface area (Å²) in [6.45, 7) is 7.78. The van der Waals surface area contributed by atoms with Crippen LogP contribution in [0.4, 0.5) is 0 Å². The van der Waals surface area contributed by atoms with Gasteiger partial charge in [0.1, 0.15) is 6.61 Å². The molecule has 1 heterocycles. The number of aryl methyl sites for hydroxylation is 2. The lowest BCUT2D eigenvalue weighted by Gasteiger charge is -2.13. The molecule has 0 fully saturated rings. The van der Waals surface area contributed by atoms with Gasteiger partial charge in [0, 0.05) is 11.6 Å². The van der Waals surface area contributed by atoms with Crippen LogP contribution in [0.3, 0.4) is 0 Å². The van der Waals surface area contributed by atoms with Gasteiger partial charge in [0.05, 0.1) is 6.42 Å². The molecular formula is C37H55NO4. The highest BCUT2D eigenvalue weighted by Crippen LogP contribution is 2.21. The van der Waals surface area contributed by atoms with E-state index in [2.05, 4.69) is 36.7 Å². The Kier molecular flexibility index (Phi) is 19.0. The number of carbonyl (C=O) groups is 3. The summed E-state index contributed by atoms with van der Waals surface area (Å²) in [4.78, 5) is 35.5. The highest BCUT2D eigenvalue weighted by Gasteiger charge is 2.23. The van der Waals surface area contributed by atoms with Crippen LogP contribution < -0.4 is 5.32 Å². The molecule has 1 aromatic carbocycles. The molecule has 5 heteroatoms.